The first-order valence-electron chi connectivity index (χ1n) is 10.2. The number of furan rings is 1. The maximum absolute atomic E-state index is 6.17. The van der Waals surface area contributed by atoms with Crippen molar-refractivity contribution >= 4 is 39.0 Å². The normalized spacial score (nSPS) is 10.9. The zero-order valence-corrected chi connectivity index (χ0v) is 19.4. The zero-order chi connectivity index (χ0) is 20.6. The fourth-order valence-corrected chi connectivity index (χ4v) is 4.00. The van der Waals surface area contributed by atoms with Gasteiger partial charge in [-0.25, -0.2) is 0 Å². The van der Waals surface area contributed by atoms with Crippen LogP contribution >= 0.6 is 0 Å². The standard InChI is InChI=1S/C27H18N3O.Ir/c1-3-10-20(11-4-1)30(21-12-5-2-6-13-21)22-18-28-29(19-22)25-16-9-15-24-23-14-7-8-17-26(23)31-27(24)25;/h1-15,17-19H;/q-1;. The minimum atomic E-state index is 0. The fourth-order valence-electron chi connectivity index (χ4n) is 4.00. The smallest absolute Gasteiger partial charge is 0.116 e. The molecule has 0 aliphatic rings. The van der Waals surface area contributed by atoms with Crippen LogP contribution in [-0.2, 0) is 20.1 Å². The molecule has 0 bridgehead atoms. The number of benzene rings is 4. The molecule has 5 heteroatoms. The summed E-state index contributed by atoms with van der Waals surface area (Å²) >= 11 is 0. The Morgan fingerprint density at radius 2 is 1.38 bits per heavy atom. The Kier molecular flexibility index (Phi) is 5.36. The second-order valence-electron chi connectivity index (χ2n) is 7.32. The number of anilines is 3. The van der Waals surface area contributed by atoms with Gasteiger partial charge in [0.2, 0.25) is 0 Å². The van der Waals surface area contributed by atoms with Gasteiger partial charge in [0.25, 0.3) is 0 Å². The number of rotatable bonds is 4. The molecule has 0 saturated carbocycles. The molecule has 4 aromatic carbocycles. The summed E-state index contributed by atoms with van der Waals surface area (Å²) in [4.78, 5) is 2.18. The first kappa shape index (κ1) is 20.3. The van der Waals surface area contributed by atoms with E-state index in [-0.39, 0.29) is 20.1 Å². The van der Waals surface area contributed by atoms with Gasteiger partial charge >= 0.3 is 0 Å². The van der Waals surface area contributed by atoms with Crippen molar-refractivity contribution in [2.75, 3.05) is 4.90 Å². The Bertz CT molecular complexity index is 1450. The minimum Gasteiger partial charge on any atom is -0.513 e. The summed E-state index contributed by atoms with van der Waals surface area (Å²) in [7, 11) is 0. The van der Waals surface area contributed by atoms with Gasteiger partial charge in [-0.3, -0.25) is 4.68 Å². The van der Waals surface area contributed by atoms with E-state index >= 15 is 0 Å². The first-order chi connectivity index (χ1) is 15.4. The van der Waals surface area contributed by atoms with Gasteiger partial charge in [-0.1, -0.05) is 60.0 Å². The van der Waals surface area contributed by atoms with Crippen LogP contribution in [0.3, 0.4) is 0 Å². The predicted octanol–water partition coefficient (Wildman–Crippen LogP) is 7.04. The molecule has 157 valence electrons. The molecule has 1 radical (unpaired) electrons. The molecule has 0 amide bonds. The zero-order valence-electron chi connectivity index (χ0n) is 17.0. The SMILES string of the molecule is [Ir].[c-]1ccc2c(oc3ccccc32)c1-n1cc(N(c2ccccc2)c2ccccc2)cn1. The molecule has 0 N–H and O–H groups in total. The van der Waals surface area contributed by atoms with Gasteiger partial charge < -0.3 is 9.32 Å². The van der Waals surface area contributed by atoms with Crippen LogP contribution in [0.15, 0.2) is 114 Å². The molecule has 0 atom stereocenters. The van der Waals surface area contributed by atoms with Gasteiger partial charge in [-0.05, 0) is 36.0 Å². The van der Waals surface area contributed by atoms with Crippen molar-refractivity contribution in [1.29, 1.82) is 0 Å². The quantitative estimate of drug-likeness (QED) is 0.206. The van der Waals surface area contributed by atoms with Crippen LogP contribution in [0.2, 0.25) is 0 Å². The average molecular weight is 593 g/mol. The molecule has 0 aliphatic carbocycles. The van der Waals surface area contributed by atoms with E-state index in [2.05, 4.69) is 46.4 Å². The van der Waals surface area contributed by atoms with Gasteiger partial charge in [0.05, 0.1) is 18.1 Å². The summed E-state index contributed by atoms with van der Waals surface area (Å²) in [5, 5.41) is 6.81. The topological polar surface area (TPSA) is 34.2 Å². The van der Waals surface area contributed by atoms with E-state index < -0.39 is 0 Å². The fraction of sp³-hybridized carbons (Fsp3) is 0. The van der Waals surface area contributed by atoms with Gasteiger partial charge in [0.1, 0.15) is 5.58 Å². The molecule has 4 nitrogen and oxygen atoms in total. The molecule has 6 rings (SSSR count). The largest absolute Gasteiger partial charge is 0.513 e. The number of hydrogen-bond donors (Lipinski definition) is 0. The second-order valence-corrected chi connectivity index (χ2v) is 7.32. The molecule has 0 fully saturated rings. The predicted molar refractivity (Wildman–Crippen MR) is 124 cm³/mol. The summed E-state index contributed by atoms with van der Waals surface area (Å²) in [5.41, 5.74) is 5.53. The van der Waals surface area contributed by atoms with Crippen LogP contribution in [0.4, 0.5) is 17.1 Å². The third-order valence-corrected chi connectivity index (χ3v) is 5.40. The van der Waals surface area contributed by atoms with E-state index in [9.17, 15) is 0 Å². The summed E-state index contributed by atoms with van der Waals surface area (Å²) in [6.45, 7) is 0. The van der Waals surface area contributed by atoms with E-state index in [1.165, 1.54) is 0 Å². The minimum absolute atomic E-state index is 0. The van der Waals surface area contributed by atoms with Crippen LogP contribution in [0.5, 0.6) is 0 Å². The maximum Gasteiger partial charge on any atom is 0.116 e. The molecule has 0 spiro atoms. The number of hydrogen-bond acceptors (Lipinski definition) is 3. The van der Waals surface area contributed by atoms with Gasteiger partial charge in [-0.2, -0.15) is 23.3 Å². The van der Waals surface area contributed by atoms with E-state index in [0.717, 1.165) is 44.7 Å². The Morgan fingerprint density at radius 1 is 0.719 bits per heavy atom. The molecule has 2 aromatic heterocycles. The van der Waals surface area contributed by atoms with Gasteiger partial charge in [0, 0.05) is 42.4 Å². The Labute approximate surface area is 199 Å². The van der Waals surface area contributed by atoms with Gasteiger partial charge in [0.15, 0.2) is 0 Å². The van der Waals surface area contributed by atoms with Crippen molar-refractivity contribution in [1.82, 2.24) is 9.78 Å². The van der Waals surface area contributed by atoms with Crippen LogP contribution < -0.4 is 4.90 Å². The number of nitrogens with zero attached hydrogens (tertiary/aromatic N) is 3. The third kappa shape index (κ3) is 3.42. The van der Waals surface area contributed by atoms with Crippen LogP contribution in [0, 0.1) is 6.07 Å². The maximum atomic E-state index is 6.17. The molecule has 0 unspecified atom stereocenters. The molecule has 0 saturated heterocycles. The van der Waals surface area contributed by atoms with Crippen molar-refractivity contribution in [3.05, 3.63) is 116 Å². The Morgan fingerprint density at radius 3 is 2.09 bits per heavy atom. The molecular weight excluding hydrogens is 575 g/mol. The molecule has 32 heavy (non-hydrogen) atoms. The van der Waals surface area contributed by atoms with Crippen molar-refractivity contribution in [2.45, 2.75) is 0 Å². The van der Waals surface area contributed by atoms with Crippen LogP contribution in [0.1, 0.15) is 0 Å². The average Bonchev–Trinajstić information content (AvgIpc) is 3.46. The number of aromatic nitrogens is 2. The third-order valence-electron chi connectivity index (χ3n) is 5.40. The summed E-state index contributed by atoms with van der Waals surface area (Å²) < 4.78 is 8.00. The van der Waals surface area contributed by atoms with Crippen molar-refractivity contribution in [2.24, 2.45) is 0 Å². The first-order valence-corrected chi connectivity index (χ1v) is 10.2. The number of para-hydroxylation sites is 3. The molecule has 6 aromatic rings. The van der Waals surface area contributed by atoms with Crippen molar-refractivity contribution in [3.8, 4) is 5.69 Å². The van der Waals surface area contributed by atoms with Crippen LogP contribution in [-0.4, -0.2) is 9.78 Å². The Balaban J connectivity index is 0.00000216. The number of fused-ring (bicyclic) bond motifs is 3. The molecule has 2 heterocycles. The van der Waals surface area contributed by atoms with E-state index in [0.29, 0.717) is 0 Å². The monoisotopic (exact) mass is 593 g/mol. The van der Waals surface area contributed by atoms with E-state index in [4.69, 9.17) is 4.42 Å². The summed E-state index contributed by atoms with van der Waals surface area (Å²) in [5.74, 6) is 0. The van der Waals surface area contributed by atoms with Gasteiger partial charge in [-0.15, -0.1) is 0 Å². The molecular formula is C27H18IrN3O-. The molecule has 0 aliphatic heterocycles. The van der Waals surface area contributed by atoms with E-state index in [1.54, 1.807) is 0 Å². The van der Waals surface area contributed by atoms with E-state index in [1.807, 2.05) is 83.8 Å². The van der Waals surface area contributed by atoms with Crippen molar-refractivity contribution in [3.63, 3.8) is 0 Å². The second kappa shape index (κ2) is 8.46. The summed E-state index contributed by atoms with van der Waals surface area (Å²) in [6.07, 6.45) is 3.88. The van der Waals surface area contributed by atoms with Crippen LogP contribution in [0.25, 0.3) is 27.6 Å². The summed E-state index contributed by atoms with van der Waals surface area (Å²) in [6, 6.07) is 35.9. The van der Waals surface area contributed by atoms with Crippen molar-refractivity contribution < 1.29 is 24.5 Å². The Hall–Kier alpha value is -3.66.